The quantitative estimate of drug-likeness (QED) is 0.822. The lowest BCUT2D eigenvalue weighted by molar-refractivity contribution is 0.370. The molecule has 0 aliphatic carbocycles. The fourth-order valence-corrected chi connectivity index (χ4v) is 2.33. The summed E-state index contributed by atoms with van der Waals surface area (Å²) in [7, 11) is 0. The third-order valence-corrected chi connectivity index (χ3v) is 3.41. The van der Waals surface area contributed by atoms with Crippen molar-refractivity contribution in [3.05, 3.63) is 58.1 Å². The zero-order valence-corrected chi connectivity index (χ0v) is 12.9. The van der Waals surface area contributed by atoms with E-state index >= 15 is 0 Å². The lowest BCUT2D eigenvalue weighted by Crippen LogP contribution is -2.01. The molecule has 0 fully saturated rings. The Labute approximate surface area is 128 Å². The van der Waals surface area contributed by atoms with Gasteiger partial charge in [0.2, 0.25) is 0 Å². The Kier molecular flexibility index (Phi) is 5.09. The first kappa shape index (κ1) is 14.5. The number of halogens is 1. The van der Waals surface area contributed by atoms with Gasteiger partial charge in [0.25, 0.3) is 0 Å². The van der Waals surface area contributed by atoms with Crippen molar-refractivity contribution >= 4 is 21.6 Å². The van der Waals surface area contributed by atoms with Crippen molar-refractivity contribution in [1.29, 1.82) is 0 Å². The topological polar surface area (TPSA) is 21.3 Å². The fourth-order valence-electron chi connectivity index (χ4n) is 1.85. The van der Waals surface area contributed by atoms with Gasteiger partial charge in [-0.25, -0.2) is 0 Å². The van der Waals surface area contributed by atoms with Crippen LogP contribution in [-0.2, 0) is 6.54 Å². The minimum absolute atomic E-state index is 0.301. The van der Waals surface area contributed by atoms with Gasteiger partial charge >= 0.3 is 0 Å². The molecule has 0 bridgehead atoms. The molecule has 0 atom stereocenters. The zero-order chi connectivity index (χ0) is 14.4. The number of aryl methyl sites for hydroxylation is 1. The molecule has 0 heterocycles. The first-order valence-electron chi connectivity index (χ1n) is 6.34. The molecule has 2 aromatic carbocycles. The van der Waals surface area contributed by atoms with Gasteiger partial charge < -0.3 is 10.1 Å². The summed E-state index contributed by atoms with van der Waals surface area (Å²) in [5.41, 5.74) is 3.55. The number of anilines is 1. The Morgan fingerprint density at radius 2 is 1.95 bits per heavy atom. The highest BCUT2D eigenvalue weighted by atomic mass is 79.9. The highest BCUT2D eigenvalue weighted by molar-refractivity contribution is 9.10. The Bertz CT molecular complexity index is 614. The van der Waals surface area contributed by atoms with Crippen LogP contribution in [0.4, 0.5) is 5.69 Å². The molecule has 0 unspecified atom stereocenters. The Balaban J connectivity index is 1.95. The number of nitrogens with one attached hydrogen (secondary N) is 1. The second-order valence-electron chi connectivity index (χ2n) is 4.45. The van der Waals surface area contributed by atoms with Crippen LogP contribution in [0.25, 0.3) is 0 Å². The largest absolute Gasteiger partial charge is 0.481 e. The molecule has 0 amide bonds. The summed E-state index contributed by atoms with van der Waals surface area (Å²) in [4.78, 5) is 0. The van der Waals surface area contributed by atoms with E-state index < -0.39 is 0 Å². The van der Waals surface area contributed by atoms with Crippen LogP contribution in [0.3, 0.4) is 0 Å². The van der Waals surface area contributed by atoms with Crippen LogP contribution in [0.2, 0.25) is 0 Å². The molecule has 1 N–H and O–H groups in total. The van der Waals surface area contributed by atoms with Crippen LogP contribution in [0, 0.1) is 19.3 Å². The van der Waals surface area contributed by atoms with E-state index in [2.05, 4.69) is 46.2 Å². The van der Waals surface area contributed by atoms with E-state index in [0.717, 1.165) is 22.5 Å². The Hall–Kier alpha value is -1.92. The van der Waals surface area contributed by atoms with Gasteiger partial charge in [-0.1, -0.05) is 34.0 Å². The van der Waals surface area contributed by atoms with Gasteiger partial charge in [0.05, 0.1) is 0 Å². The van der Waals surface area contributed by atoms with Crippen LogP contribution in [0.15, 0.2) is 46.9 Å². The number of benzene rings is 2. The SMILES string of the molecule is C#CCOc1ccc(CNc2ccc(Br)cc2C)cc1. The van der Waals surface area contributed by atoms with Crippen LogP contribution < -0.4 is 10.1 Å². The van der Waals surface area contributed by atoms with Gasteiger partial charge in [0.15, 0.2) is 0 Å². The number of hydrogen-bond acceptors (Lipinski definition) is 2. The maximum atomic E-state index is 5.34. The van der Waals surface area contributed by atoms with Crippen molar-refractivity contribution in [2.45, 2.75) is 13.5 Å². The van der Waals surface area contributed by atoms with Gasteiger partial charge in [-0.15, -0.1) is 6.42 Å². The molecule has 0 aromatic heterocycles. The van der Waals surface area contributed by atoms with Crippen molar-refractivity contribution in [1.82, 2.24) is 0 Å². The Morgan fingerprint density at radius 1 is 1.20 bits per heavy atom. The first-order valence-corrected chi connectivity index (χ1v) is 7.13. The minimum Gasteiger partial charge on any atom is -0.481 e. The van der Waals surface area contributed by atoms with Crippen LogP contribution in [0.1, 0.15) is 11.1 Å². The fraction of sp³-hybridized carbons (Fsp3) is 0.176. The van der Waals surface area contributed by atoms with E-state index in [9.17, 15) is 0 Å². The summed E-state index contributed by atoms with van der Waals surface area (Å²) >= 11 is 3.47. The second-order valence-corrected chi connectivity index (χ2v) is 5.37. The maximum absolute atomic E-state index is 5.34. The van der Waals surface area contributed by atoms with Gasteiger partial charge in [-0.05, 0) is 48.4 Å². The lowest BCUT2D eigenvalue weighted by atomic mass is 10.1. The third-order valence-electron chi connectivity index (χ3n) is 2.92. The maximum Gasteiger partial charge on any atom is 0.148 e. The highest BCUT2D eigenvalue weighted by Crippen LogP contribution is 2.21. The van der Waals surface area contributed by atoms with E-state index in [0.29, 0.717) is 6.61 Å². The van der Waals surface area contributed by atoms with E-state index in [1.54, 1.807) is 0 Å². The number of ether oxygens (including phenoxy) is 1. The van der Waals surface area contributed by atoms with E-state index in [4.69, 9.17) is 11.2 Å². The van der Waals surface area contributed by atoms with E-state index in [1.807, 2.05) is 30.3 Å². The molecule has 2 aromatic rings. The molecule has 0 saturated heterocycles. The van der Waals surface area contributed by atoms with Crippen LogP contribution in [-0.4, -0.2) is 6.61 Å². The van der Waals surface area contributed by atoms with Gasteiger partial charge in [-0.3, -0.25) is 0 Å². The lowest BCUT2D eigenvalue weighted by Gasteiger charge is -2.10. The minimum atomic E-state index is 0.301. The molecule has 2 nitrogen and oxygen atoms in total. The summed E-state index contributed by atoms with van der Waals surface area (Å²) in [6.07, 6.45) is 5.15. The number of terminal acetylenes is 1. The summed E-state index contributed by atoms with van der Waals surface area (Å²) in [5, 5.41) is 3.43. The van der Waals surface area contributed by atoms with Crippen LogP contribution in [0.5, 0.6) is 5.75 Å². The molecule has 0 radical (unpaired) electrons. The van der Waals surface area contributed by atoms with Crippen LogP contribution >= 0.6 is 15.9 Å². The third kappa shape index (κ3) is 4.04. The van der Waals surface area contributed by atoms with Crippen molar-refractivity contribution in [3.63, 3.8) is 0 Å². The van der Waals surface area contributed by atoms with Crippen molar-refractivity contribution in [2.75, 3.05) is 11.9 Å². The van der Waals surface area contributed by atoms with Gasteiger partial charge in [0, 0.05) is 16.7 Å². The molecular formula is C17H16BrNO. The predicted molar refractivity (Wildman–Crippen MR) is 87.0 cm³/mol. The molecule has 0 spiro atoms. The Morgan fingerprint density at radius 3 is 2.60 bits per heavy atom. The molecule has 0 aliphatic heterocycles. The average molecular weight is 330 g/mol. The molecule has 3 heteroatoms. The molecular weight excluding hydrogens is 314 g/mol. The van der Waals surface area contributed by atoms with Crippen molar-refractivity contribution in [3.8, 4) is 18.1 Å². The molecule has 20 heavy (non-hydrogen) atoms. The van der Waals surface area contributed by atoms with Gasteiger partial charge in [0.1, 0.15) is 12.4 Å². The van der Waals surface area contributed by atoms with E-state index in [-0.39, 0.29) is 0 Å². The smallest absolute Gasteiger partial charge is 0.148 e. The monoisotopic (exact) mass is 329 g/mol. The molecule has 2 rings (SSSR count). The first-order chi connectivity index (χ1) is 9.69. The summed E-state index contributed by atoms with van der Waals surface area (Å²) in [5.74, 6) is 3.25. The summed E-state index contributed by atoms with van der Waals surface area (Å²) in [6.45, 7) is 3.16. The summed E-state index contributed by atoms with van der Waals surface area (Å²) < 4.78 is 6.44. The van der Waals surface area contributed by atoms with Crippen molar-refractivity contribution < 1.29 is 4.74 Å². The van der Waals surface area contributed by atoms with E-state index in [1.165, 1.54) is 11.1 Å². The van der Waals surface area contributed by atoms with Gasteiger partial charge in [-0.2, -0.15) is 0 Å². The van der Waals surface area contributed by atoms with Crippen molar-refractivity contribution in [2.24, 2.45) is 0 Å². The average Bonchev–Trinajstić information content (AvgIpc) is 2.45. The molecule has 0 saturated carbocycles. The number of hydrogen-bond donors (Lipinski definition) is 1. The zero-order valence-electron chi connectivity index (χ0n) is 11.3. The standard InChI is InChI=1S/C17H16BrNO/c1-3-10-20-16-7-4-14(5-8-16)12-19-17-9-6-15(18)11-13(17)2/h1,4-9,11,19H,10,12H2,2H3. The predicted octanol–water partition coefficient (Wildman–Crippen LogP) is 4.38. The highest BCUT2D eigenvalue weighted by Gasteiger charge is 1.99. The molecule has 0 aliphatic rings. The second kappa shape index (κ2) is 7.02. The molecule has 102 valence electrons. The normalized spacial score (nSPS) is 9.85. The summed E-state index contributed by atoms with van der Waals surface area (Å²) in [6, 6.07) is 14.1. The number of rotatable bonds is 5.